The van der Waals surface area contributed by atoms with E-state index in [1.165, 1.54) is 7.11 Å². The lowest BCUT2D eigenvalue weighted by molar-refractivity contribution is -0.141. The van der Waals surface area contributed by atoms with Crippen molar-refractivity contribution in [1.82, 2.24) is 0 Å². The van der Waals surface area contributed by atoms with Crippen LogP contribution in [0.4, 0.5) is 0 Å². The van der Waals surface area contributed by atoms with Crippen LogP contribution in [0.1, 0.15) is 37.9 Å². The predicted octanol–water partition coefficient (Wildman–Crippen LogP) is 3.83. The third-order valence-corrected chi connectivity index (χ3v) is 5.52. The van der Waals surface area contributed by atoms with Gasteiger partial charge in [-0.25, -0.2) is 0 Å². The van der Waals surface area contributed by atoms with Crippen LogP contribution >= 0.6 is 23.4 Å². The summed E-state index contributed by atoms with van der Waals surface area (Å²) in [5.74, 6) is 0.731. The Balaban J connectivity index is 1.96. The average Bonchev–Trinajstić information content (AvgIpc) is 3.17. The largest absolute Gasteiger partial charge is 0.469 e. The standard InChI is InChI=1S/C15H19ClO3S/c1-10(17)11-3-4-13(12(16)7-11)20-9-15(5-6-15)8-14(18)19-2/h3-4,7,10,17H,5-6,8-9H2,1-2H3/t10-/m0/s1. The fourth-order valence-corrected chi connectivity index (χ4v) is 3.62. The molecule has 1 aromatic rings. The Kier molecular flexibility index (Phi) is 4.99. The molecule has 2 rings (SSSR count). The van der Waals surface area contributed by atoms with Gasteiger partial charge in [0, 0.05) is 10.6 Å². The predicted molar refractivity (Wildman–Crippen MR) is 81.1 cm³/mol. The second-order valence-corrected chi connectivity index (χ2v) is 6.83. The molecule has 1 aliphatic rings. The van der Waals surface area contributed by atoms with Crippen LogP contribution in [-0.4, -0.2) is 23.9 Å². The highest BCUT2D eigenvalue weighted by molar-refractivity contribution is 7.99. The van der Waals surface area contributed by atoms with Gasteiger partial charge >= 0.3 is 5.97 Å². The fraction of sp³-hybridized carbons (Fsp3) is 0.533. The van der Waals surface area contributed by atoms with Gasteiger partial charge in [-0.3, -0.25) is 4.79 Å². The molecule has 1 saturated carbocycles. The molecule has 1 aliphatic carbocycles. The molecule has 1 aromatic carbocycles. The van der Waals surface area contributed by atoms with Crippen LogP contribution in [0.2, 0.25) is 5.02 Å². The van der Waals surface area contributed by atoms with Crippen LogP contribution in [0.25, 0.3) is 0 Å². The molecule has 1 atom stereocenters. The van der Waals surface area contributed by atoms with E-state index in [0.29, 0.717) is 11.4 Å². The lowest BCUT2D eigenvalue weighted by atomic mass is 10.1. The van der Waals surface area contributed by atoms with Crippen LogP contribution in [-0.2, 0) is 9.53 Å². The number of benzene rings is 1. The molecule has 0 saturated heterocycles. The van der Waals surface area contributed by atoms with Gasteiger partial charge in [0.1, 0.15) is 0 Å². The highest BCUT2D eigenvalue weighted by Gasteiger charge is 2.44. The minimum Gasteiger partial charge on any atom is -0.469 e. The summed E-state index contributed by atoms with van der Waals surface area (Å²) in [7, 11) is 1.43. The van der Waals surface area contributed by atoms with E-state index >= 15 is 0 Å². The number of carbonyl (C=O) groups excluding carboxylic acids is 1. The maximum Gasteiger partial charge on any atom is 0.306 e. The molecule has 1 N–H and O–H groups in total. The number of methoxy groups -OCH3 is 1. The number of hydrogen-bond donors (Lipinski definition) is 1. The fourth-order valence-electron chi connectivity index (χ4n) is 2.05. The third-order valence-electron chi connectivity index (χ3n) is 3.68. The molecule has 0 heterocycles. The molecule has 5 heteroatoms. The van der Waals surface area contributed by atoms with Gasteiger partial charge in [0.05, 0.1) is 24.7 Å². The minimum absolute atomic E-state index is 0.0873. The number of carbonyl (C=O) groups is 1. The Bertz CT molecular complexity index is 498. The molecule has 0 aliphatic heterocycles. The van der Waals surface area contributed by atoms with Gasteiger partial charge in [0.25, 0.3) is 0 Å². The first-order valence-electron chi connectivity index (χ1n) is 6.63. The molecule has 0 radical (unpaired) electrons. The molecule has 110 valence electrons. The highest BCUT2D eigenvalue weighted by atomic mass is 35.5. The van der Waals surface area contributed by atoms with Crippen molar-refractivity contribution in [2.24, 2.45) is 5.41 Å². The molecular weight excluding hydrogens is 296 g/mol. The Labute approximate surface area is 128 Å². The number of thioether (sulfide) groups is 1. The number of halogens is 1. The number of ether oxygens (including phenoxy) is 1. The van der Waals surface area contributed by atoms with E-state index in [9.17, 15) is 9.90 Å². The van der Waals surface area contributed by atoms with Gasteiger partial charge in [-0.2, -0.15) is 0 Å². The van der Waals surface area contributed by atoms with Gasteiger partial charge in [0.15, 0.2) is 0 Å². The van der Waals surface area contributed by atoms with Crippen molar-refractivity contribution in [3.05, 3.63) is 28.8 Å². The van der Waals surface area contributed by atoms with Gasteiger partial charge in [-0.15, -0.1) is 11.8 Å². The Morgan fingerprint density at radius 3 is 2.75 bits per heavy atom. The molecule has 0 unspecified atom stereocenters. The van der Waals surface area contributed by atoms with Gasteiger partial charge in [-0.05, 0) is 42.9 Å². The minimum atomic E-state index is -0.513. The van der Waals surface area contributed by atoms with Crippen LogP contribution in [0.3, 0.4) is 0 Å². The van der Waals surface area contributed by atoms with E-state index in [4.69, 9.17) is 16.3 Å². The summed E-state index contributed by atoms with van der Waals surface area (Å²) in [5, 5.41) is 10.2. The lowest BCUT2D eigenvalue weighted by Crippen LogP contribution is -2.13. The van der Waals surface area contributed by atoms with Gasteiger partial charge < -0.3 is 9.84 Å². The monoisotopic (exact) mass is 314 g/mol. The molecular formula is C15H19ClO3S. The van der Waals surface area contributed by atoms with Crippen molar-refractivity contribution >= 4 is 29.3 Å². The van der Waals surface area contributed by atoms with Gasteiger partial charge in [0.2, 0.25) is 0 Å². The lowest BCUT2D eigenvalue weighted by Gasteiger charge is -2.14. The Hall–Kier alpha value is -0.710. The second-order valence-electron chi connectivity index (χ2n) is 5.41. The molecule has 0 aromatic heterocycles. The zero-order valence-corrected chi connectivity index (χ0v) is 13.3. The summed E-state index contributed by atoms with van der Waals surface area (Å²) in [6.07, 6.45) is 2.11. The smallest absolute Gasteiger partial charge is 0.306 e. The zero-order chi connectivity index (χ0) is 14.8. The van der Waals surface area contributed by atoms with E-state index in [2.05, 4.69) is 0 Å². The zero-order valence-electron chi connectivity index (χ0n) is 11.7. The molecule has 0 amide bonds. The molecule has 0 spiro atoms. The number of rotatable bonds is 6. The topological polar surface area (TPSA) is 46.5 Å². The molecule has 0 bridgehead atoms. The summed E-state index contributed by atoms with van der Waals surface area (Å²) in [6, 6.07) is 5.62. The summed E-state index contributed by atoms with van der Waals surface area (Å²) < 4.78 is 4.74. The van der Waals surface area contributed by atoms with E-state index < -0.39 is 6.10 Å². The third kappa shape index (κ3) is 3.90. The Morgan fingerprint density at radius 1 is 1.55 bits per heavy atom. The summed E-state index contributed by atoms with van der Waals surface area (Å²) in [6.45, 7) is 1.72. The maximum atomic E-state index is 11.4. The van der Waals surface area contributed by atoms with Crippen LogP contribution in [0, 0.1) is 5.41 Å². The van der Waals surface area contributed by atoms with Crippen LogP contribution in [0.15, 0.2) is 23.1 Å². The van der Waals surface area contributed by atoms with E-state index in [0.717, 1.165) is 29.1 Å². The quantitative estimate of drug-likeness (QED) is 0.640. The first-order chi connectivity index (χ1) is 9.46. The summed E-state index contributed by atoms with van der Waals surface area (Å²) in [4.78, 5) is 12.4. The first kappa shape index (κ1) is 15.7. The van der Waals surface area contributed by atoms with Crippen molar-refractivity contribution in [3.63, 3.8) is 0 Å². The second kappa shape index (κ2) is 6.37. The van der Waals surface area contributed by atoms with Crippen LogP contribution < -0.4 is 0 Å². The van der Waals surface area contributed by atoms with Crippen LogP contribution in [0.5, 0.6) is 0 Å². The van der Waals surface area contributed by atoms with Gasteiger partial charge in [-0.1, -0.05) is 17.7 Å². The van der Waals surface area contributed by atoms with Crippen molar-refractivity contribution in [2.45, 2.75) is 37.2 Å². The van der Waals surface area contributed by atoms with Crippen molar-refractivity contribution in [1.29, 1.82) is 0 Å². The van der Waals surface area contributed by atoms with E-state index in [1.807, 2.05) is 12.1 Å². The SMILES string of the molecule is COC(=O)CC1(CSc2ccc([C@H](C)O)cc2Cl)CC1. The number of hydrogen-bond acceptors (Lipinski definition) is 4. The van der Waals surface area contributed by atoms with E-state index in [1.54, 1.807) is 24.8 Å². The van der Waals surface area contributed by atoms with Crippen molar-refractivity contribution in [2.75, 3.05) is 12.9 Å². The van der Waals surface area contributed by atoms with Crippen molar-refractivity contribution in [3.8, 4) is 0 Å². The Morgan fingerprint density at radius 2 is 2.25 bits per heavy atom. The van der Waals surface area contributed by atoms with Crippen molar-refractivity contribution < 1.29 is 14.6 Å². The molecule has 1 fully saturated rings. The number of aliphatic hydroxyl groups is 1. The maximum absolute atomic E-state index is 11.4. The summed E-state index contributed by atoms with van der Waals surface area (Å²) in [5.41, 5.74) is 0.902. The normalized spacial score (nSPS) is 17.6. The summed E-state index contributed by atoms with van der Waals surface area (Å²) >= 11 is 7.90. The molecule has 20 heavy (non-hydrogen) atoms. The molecule has 3 nitrogen and oxygen atoms in total. The van der Waals surface area contributed by atoms with E-state index in [-0.39, 0.29) is 11.4 Å². The first-order valence-corrected chi connectivity index (χ1v) is 7.99. The average molecular weight is 315 g/mol. The highest BCUT2D eigenvalue weighted by Crippen LogP contribution is 2.52. The number of aliphatic hydroxyl groups excluding tert-OH is 1. The number of esters is 1.